The Morgan fingerprint density at radius 3 is 2.38 bits per heavy atom. The second kappa shape index (κ2) is 5.53. The van der Waals surface area contributed by atoms with Gasteiger partial charge in [0.2, 0.25) is 5.75 Å². The first kappa shape index (κ1) is 11.9. The second-order valence-electron chi connectivity index (χ2n) is 1.86. The van der Waals surface area contributed by atoms with E-state index in [1.165, 1.54) is 18.2 Å². The molecule has 72 valence electrons. The molecule has 0 fully saturated rings. The highest BCUT2D eigenvalue weighted by Crippen LogP contribution is 2.32. The van der Waals surface area contributed by atoms with Gasteiger partial charge >= 0.3 is 5.69 Å². The highest BCUT2D eigenvalue weighted by atomic mass is 79.9. The van der Waals surface area contributed by atoms with Gasteiger partial charge in [0.05, 0.1) is 9.40 Å². The lowest BCUT2D eigenvalue weighted by atomic mass is 10.3. The third-order valence-corrected chi connectivity index (χ3v) is 1.80. The van der Waals surface area contributed by atoms with Gasteiger partial charge in [0.25, 0.3) is 0 Å². The SMILES string of the molecule is CC.O=[N+]([O-])c1cccc(Br)c1O. The van der Waals surface area contributed by atoms with Crippen LogP contribution in [0.4, 0.5) is 5.69 Å². The van der Waals surface area contributed by atoms with Crippen molar-refractivity contribution in [3.63, 3.8) is 0 Å². The van der Waals surface area contributed by atoms with Crippen LogP contribution in [0.25, 0.3) is 0 Å². The Balaban J connectivity index is 0.000000671. The number of rotatable bonds is 1. The lowest BCUT2D eigenvalue weighted by Crippen LogP contribution is -1.87. The summed E-state index contributed by atoms with van der Waals surface area (Å²) >= 11 is 2.96. The number of nitrogens with zero attached hydrogens (tertiary/aromatic N) is 1. The van der Waals surface area contributed by atoms with Gasteiger partial charge in [-0.1, -0.05) is 19.9 Å². The molecule has 5 heteroatoms. The van der Waals surface area contributed by atoms with Crippen LogP contribution in [0.5, 0.6) is 5.75 Å². The number of benzene rings is 1. The molecule has 1 rings (SSSR count). The van der Waals surface area contributed by atoms with Crippen LogP contribution in [0.1, 0.15) is 13.8 Å². The minimum Gasteiger partial charge on any atom is -0.501 e. The highest BCUT2D eigenvalue weighted by molar-refractivity contribution is 9.10. The summed E-state index contributed by atoms with van der Waals surface area (Å²) in [5, 5.41) is 19.3. The largest absolute Gasteiger partial charge is 0.501 e. The average molecular weight is 248 g/mol. The maximum Gasteiger partial charge on any atom is 0.311 e. The number of phenols is 1. The molecule has 0 spiro atoms. The highest BCUT2D eigenvalue weighted by Gasteiger charge is 2.13. The van der Waals surface area contributed by atoms with Crippen LogP contribution in [-0.4, -0.2) is 10.0 Å². The number of phenolic OH excluding ortho intramolecular Hbond substituents is 1. The van der Waals surface area contributed by atoms with Crippen LogP contribution in [0.2, 0.25) is 0 Å². The monoisotopic (exact) mass is 247 g/mol. The Hall–Kier alpha value is -1.10. The Kier molecular flexibility index (Phi) is 5.06. The lowest BCUT2D eigenvalue weighted by molar-refractivity contribution is -0.385. The van der Waals surface area contributed by atoms with E-state index in [0.717, 1.165) is 0 Å². The van der Waals surface area contributed by atoms with E-state index in [1.807, 2.05) is 13.8 Å². The Morgan fingerprint density at radius 1 is 1.46 bits per heavy atom. The van der Waals surface area contributed by atoms with Gasteiger partial charge in [0.1, 0.15) is 0 Å². The normalized spacial score (nSPS) is 8.54. The average Bonchev–Trinajstić information content (AvgIpc) is 2.13. The van der Waals surface area contributed by atoms with E-state index in [9.17, 15) is 10.1 Å². The molecule has 0 radical (unpaired) electrons. The first-order valence-corrected chi connectivity index (χ1v) is 4.54. The van der Waals surface area contributed by atoms with Crippen LogP contribution in [-0.2, 0) is 0 Å². The van der Waals surface area contributed by atoms with E-state index in [-0.39, 0.29) is 11.4 Å². The standard InChI is InChI=1S/C6H4BrNO3.C2H6/c7-4-2-1-3-5(6(4)9)8(10)11;1-2/h1-3,9H;1-2H3. The molecule has 0 amide bonds. The molecule has 0 aliphatic heterocycles. The molecule has 0 aromatic heterocycles. The zero-order valence-electron chi connectivity index (χ0n) is 7.32. The minimum absolute atomic E-state index is 0.292. The summed E-state index contributed by atoms with van der Waals surface area (Å²) < 4.78 is 0.326. The van der Waals surface area contributed by atoms with Crippen molar-refractivity contribution in [2.75, 3.05) is 0 Å². The molecule has 0 aliphatic carbocycles. The number of nitro groups is 1. The molecule has 0 aliphatic rings. The van der Waals surface area contributed by atoms with E-state index in [1.54, 1.807) is 0 Å². The van der Waals surface area contributed by atoms with E-state index in [4.69, 9.17) is 5.11 Å². The molecule has 0 unspecified atom stereocenters. The Morgan fingerprint density at radius 2 is 2.00 bits per heavy atom. The van der Waals surface area contributed by atoms with Crippen LogP contribution in [0, 0.1) is 10.1 Å². The van der Waals surface area contributed by atoms with Crippen molar-refractivity contribution in [3.8, 4) is 5.75 Å². The van der Waals surface area contributed by atoms with Gasteiger partial charge in [0.15, 0.2) is 0 Å². The molecule has 0 saturated carbocycles. The van der Waals surface area contributed by atoms with Crippen molar-refractivity contribution < 1.29 is 10.0 Å². The Bertz CT molecular complexity index is 301. The number of halogens is 1. The first-order valence-electron chi connectivity index (χ1n) is 3.75. The number of aromatic hydroxyl groups is 1. The van der Waals surface area contributed by atoms with Gasteiger partial charge in [-0.2, -0.15) is 0 Å². The summed E-state index contributed by atoms with van der Waals surface area (Å²) in [6.07, 6.45) is 0. The summed E-state index contributed by atoms with van der Waals surface area (Å²) in [5.74, 6) is -0.336. The maximum atomic E-state index is 10.2. The predicted molar refractivity (Wildman–Crippen MR) is 53.8 cm³/mol. The van der Waals surface area contributed by atoms with Gasteiger partial charge < -0.3 is 5.11 Å². The molecule has 0 saturated heterocycles. The van der Waals surface area contributed by atoms with Crippen molar-refractivity contribution in [1.82, 2.24) is 0 Å². The van der Waals surface area contributed by atoms with Crippen molar-refractivity contribution in [2.45, 2.75) is 13.8 Å². The van der Waals surface area contributed by atoms with Gasteiger partial charge in [-0.15, -0.1) is 0 Å². The van der Waals surface area contributed by atoms with Crippen molar-refractivity contribution in [2.24, 2.45) is 0 Å². The molecule has 1 N–H and O–H groups in total. The molecule has 0 heterocycles. The van der Waals surface area contributed by atoms with E-state index in [2.05, 4.69) is 15.9 Å². The summed E-state index contributed by atoms with van der Waals surface area (Å²) in [6, 6.07) is 4.25. The van der Waals surface area contributed by atoms with Gasteiger partial charge in [-0.3, -0.25) is 10.1 Å². The van der Waals surface area contributed by atoms with E-state index in [0.29, 0.717) is 4.47 Å². The van der Waals surface area contributed by atoms with E-state index < -0.39 is 4.92 Å². The summed E-state index contributed by atoms with van der Waals surface area (Å²) in [5.41, 5.74) is -0.292. The Labute approximate surface area is 84.5 Å². The second-order valence-corrected chi connectivity index (χ2v) is 2.72. The summed E-state index contributed by atoms with van der Waals surface area (Å²) in [4.78, 5) is 9.56. The van der Waals surface area contributed by atoms with Gasteiger partial charge in [0, 0.05) is 6.07 Å². The van der Waals surface area contributed by atoms with E-state index >= 15 is 0 Å². The fourth-order valence-corrected chi connectivity index (χ4v) is 1.01. The predicted octanol–water partition coefficient (Wildman–Crippen LogP) is 3.09. The third kappa shape index (κ3) is 3.02. The lowest BCUT2D eigenvalue weighted by Gasteiger charge is -1.95. The fourth-order valence-electron chi connectivity index (χ4n) is 0.651. The molecular weight excluding hydrogens is 238 g/mol. The zero-order valence-corrected chi connectivity index (χ0v) is 8.91. The van der Waals surface area contributed by atoms with Crippen molar-refractivity contribution >= 4 is 21.6 Å². The molecule has 0 atom stereocenters. The van der Waals surface area contributed by atoms with Gasteiger partial charge in [-0.25, -0.2) is 0 Å². The molecule has 0 bridgehead atoms. The van der Waals surface area contributed by atoms with Crippen LogP contribution in [0.15, 0.2) is 22.7 Å². The number of para-hydroxylation sites is 1. The maximum absolute atomic E-state index is 10.2. The number of nitro benzene ring substituents is 1. The van der Waals surface area contributed by atoms with Crippen LogP contribution in [0.3, 0.4) is 0 Å². The van der Waals surface area contributed by atoms with Gasteiger partial charge in [-0.05, 0) is 22.0 Å². The summed E-state index contributed by atoms with van der Waals surface area (Å²) in [7, 11) is 0. The fraction of sp³-hybridized carbons (Fsp3) is 0.250. The van der Waals surface area contributed by atoms with Crippen LogP contribution >= 0.6 is 15.9 Å². The minimum atomic E-state index is -0.639. The quantitative estimate of drug-likeness (QED) is 0.613. The molecule has 1 aromatic carbocycles. The molecule has 13 heavy (non-hydrogen) atoms. The smallest absolute Gasteiger partial charge is 0.311 e. The molecular formula is C8H10BrNO3. The third-order valence-electron chi connectivity index (χ3n) is 1.16. The number of hydrogen-bond donors (Lipinski definition) is 1. The molecule has 4 nitrogen and oxygen atoms in total. The molecule has 1 aromatic rings. The topological polar surface area (TPSA) is 63.4 Å². The van der Waals surface area contributed by atoms with Crippen molar-refractivity contribution in [3.05, 3.63) is 32.8 Å². The number of hydrogen-bond acceptors (Lipinski definition) is 3. The summed E-state index contributed by atoms with van der Waals surface area (Å²) in [6.45, 7) is 4.00. The zero-order chi connectivity index (χ0) is 10.4. The van der Waals surface area contributed by atoms with Crippen molar-refractivity contribution in [1.29, 1.82) is 0 Å². The van der Waals surface area contributed by atoms with Crippen LogP contribution < -0.4 is 0 Å². The first-order chi connectivity index (χ1) is 6.13.